The second kappa shape index (κ2) is 5.03. The number of fused-ring (bicyclic) bond motifs is 3. The number of rotatable bonds is 1. The number of aryl methyl sites for hydroxylation is 1. The Bertz CT molecular complexity index is 883. The molecular formula is C16H12ClN5. The van der Waals surface area contributed by atoms with Gasteiger partial charge in [-0.15, -0.1) is 0 Å². The molecule has 0 saturated heterocycles. The van der Waals surface area contributed by atoms with Crippen molar-refractivity contribution >= 4 is 17.3 Å². The minimum absolute atomic E-state index is 0.480. The topological polar surface area (TPSA) is 56.0 Å². The Kier molecular flexibility index (Phi) is 3.01. The van der Waals surface area contributed by atoms with Gasteiger partial charge < -0.3 is 0 Å². The summed E-state index contributed by atoms with van der Waals surface area (Å²) in [4.78, 5) is 17.8. The van der Waals surface area contributed by atoms with Gasteiger partial charge in [-0.1, -0.05) is 11.6 Å². The Balaban J connectivity index is 2.01. The molecule has 22 heavy (non-hydrogen) atoms. The van der Waals surface area contributed by atoms with Crippen molar-refractivity contribution in [1.29, 1.82) is 0 Å². The number of halogens is 1. The maximum absolute atomic E-state index is 6.20. The number of hydrogen-bond acceptors (Lipinski definition) is 4. The quantitative estimate of drug-likeness (QED) is 0.694. The van der Waals surface area contributed by atoms with Crippen LogP contribution in [0.1, 0.15) is 22.9 Å². The monoisotopic (exact) mass is 309 g/mol. The fourth-order valence-electron chi connectivity index (χ4n) is 2.67. The van der Waals surface area contributed by atoms with Crippen LogP contribution in [0.2, 0.25) is 5.02 Å². The van der Waals surface area contributed by atoms with Crippen molar-refractivity contribution in [3.8, 4) is 5.69 Å². The maximum atomic E-state index is 6.20. The van der Waals surface area contributed by atoms with Crippen LogP contribution in [0.25, 0.3) is 5.69 Å². The molecule has 6 heteroatoms. The first kappa shape index (κ1) is 13.2. The van der Waals surface area contributed by atoms with Gasteiger partial charge >= 0.3 is 0 Å². The number of hydrogen-bond donors (Lipinski definition) is 0. The van der Waals surface area contributed by atoms with Gasteiger partial charge in [-0.05, 0) is 31.2 Å². The largest absolute Gasteiger partial charge is 0.299 e. The van der Waals surface area contributed by atoms with Gasteiger partial charge in [0.15, 0.2) is 5.82 Å². The summed E-state index contributed by atoms with van der Waals surface area (Å²) in [6.45, 7) is 2.51. The van der Waals surface area contributed by atoms with Crippen LogP contribution in [0.15, 0.2) is 47.8 Å². The number of imidazole rings is 1. The van der Waals surface area contributed by atoms with E-state index in [0.29, 0.717) is 17.4 Å². The molecule has 2 aromatic heterocycles. The van der Waals surface area contributed by atoms with E-state index >= 15 is 0 Å². The smallest absolute Gasteiger partial charge is 0.178 e. The molecule has 0 atom stereocenters. The fraction of sp³-hybridized carbons (Fsp3) is 0.125. The van der Waals surface area contributed by atoms with Crippen LogP contribution in [-0.2, 0) is 6.54 Å². The molecule has 0 N–H and O–H groups in total. The molecule has 1 aliphatic heterocycles. The molecule has 3 aromatic rings. The lowest BCUT2D eigenvalue weighted by Gasteiger charge is -2.12. The Hall–Kier alpha value is -2.53. The van der Waals surface area contributed by atoms with Crippen LogP contribution in [0.3, 0.4) is 0 Å². The standard InChI is InChI=1S/C16H12ClN5/c1-10-8-20-14-9-21-15(16-18-5-2-6-19-16)12-7-11(17)3-4-13(12)22(10)14/h2-8H,9H2,1H3. The lowest BCUT2D eigenvalue weighted by Crippen LogP contribution is -2.11. The van der Waals surface area contributed by atoms with Crippen LogP contribution >= 0.6 is 11.6 Å². The van der Waals surface area contributed by atoms with Crippen LogP contribution in [0.5, 0.6) is 0 Å². The molecule has 0 bridgehead atoms. The zero-order chi connectivity index (χ0) is 15.1. The Morgan fingerprint density at radius 1 is 1.14 bits per heavy atom. The predicted molar refractivity (Wildman–Crippen MR) is 84.7 cm³/mol. The number of nitrogens with zero attached hydrogens (tertiary/aromatic N) is 5. The maximum Gasteiger partial charge on any atom is 0.178 e. The predicted octanol–water partition coefficient (Wildman–Crippen LogP) is 2.98. The minimum atomic E-state index is 0.480. The molecule has 0 spiro atoms. The van der Waals surface area contributed by atoms with Crippen LogP contribution in [0.4, 0.5) is 0 Å². The molecule has 3 heterocycles. The van der Waals surface area contributed by atoms with Crippen molar-refractivity contribution in [3.63, 3.8) is 0 Å². The molecule has 1 aliphatic rings. The molecule has 0 fully saturated rings. The Morgan fingerprint density at radius 3 is 2.77 bits per heavy atom. The number of aromatic nitrogens is 4. The van der Waals surface area contributed by atoms with Crippen molar-refractivity contribution in [2.75, 3.05) is 0 Å². The molecule has 1 aromatic carbocycles. The summed E-state index contributed by atoms with van der Waals surface area (Å²) in [5, 5.41) is 0.656. The van der Waals surface area contributed by atoms with Gasteiger partial charge in [0.25, 0.3) is 0 Å². The molecule has 0 radical (unpaired) electrons. The van der Waals surface area contributed by atoms with Crippen LogP contribution in [-0.4, -0.2) is 25.2 Å². The lowest BCUT2D eigenvalue weighted by atomic mass is 10.1. The summed E-state index contributed by atoms with van der Waals surface area (Å²) in [6, 6.07) is 7.55. The lowest BCUT2D eigenvalue weighted by molar-refractivity contribution is 0.862. The van der Waals surface area contributed by atoms with Gasteiger partial charge in [-0.3, -0.25) is 9.56 Å². The molecule has 0 saturated carbocycles. The van der Waals surface area contributed by atoms with E-state index in [1.54, 1.807) is 18.5 Å². The van der Waals surface area contributed by atoms with Gasteiger partial charge in [0, 0.05) is 34.9 Å². The molecule has 0 amide bonds. The van der Waals surface area contributed by atoms with Gasteiger partial charge in [-0.2, -0.15) is 0 Å². The minimum Gasteiger partial charge on any atom is -0.299 e. The third kappa shape index (κ3) is 2.02. The van der Waals surface area contributed by atoms with Crippen molar-refractivity contribution in [2.24, 2.45) is 4.99 Å². The van der Waals surface area contributed by atoms with Gasteiger partial charge in [-0.25, -0.2) is 15.0 Å². The zero-order valence-corrected chi connectivity index (χ0v) is 12.6. The highest BCUT2D eigenvalue weighted by Crippen LogP contribution is 2.27. The van der Waals surface area contributed by atoms with E-state index in [1.807, 2.05) is 31.3 Å². The summed E-state index contributed by atoms with van der Waals surface area (Å²) >= 11 is 6.20. The van der Waals surface area contributed by atoms with Crippen molar-refractivity contribution in [1.82, 2.24) is 19.5 Å². The summed E-state index contributed by atoms with van der Waals surface area (Å²) in [5.41, 5.74) is 3.71. The molecular weight excluding hydrogens is 298 g/mol. The highest BCUT2D eigenvalue weighted by atomic mass is 35.5. The average molecular weight is 310 g/mol. The third-order valence-electron chi connectivity index (χ3n) is 3.62. The highest BCUT2D eigenvalue weighted by Gasteiger charge is 2.22. The fourth-order valence-corrected chi connectivity index (χ4v) is 2.84. The van der Waals surface area contributed by atoms with E-state index in [0.717, 1.165) is 28.5 Å². The second-order valence-electron chi connectivity index (χ2n) is 5.05. The van der Waals surface area contributed by atoms with Gasteiger partial charge in [0.1, 0.15) is 11.5 Å². The molecule has 0 unspecified atom stereocenters. The van der Waals surface area contributed by atoms with Crippen molar-refractivity contribution < 1.29 is 0 Å². The summed E-state index contributed by atoms with van der Waals surface area (Å²) in [6.07, 6.45) is 5.28. The van der Waals surface area contributed by atoms with E-state index in [1.165, 1.54) is 0 Å². The number of benzene rings is 1. The van der Waals surface area contributed by atoms with Crippen molar-refractivity contribution in [3.05, 3.63) is 70.8 Å². The van der Waals surface area contributed by atoms with E-state index in [9.17, 15) is 0 Å². The molecule has 5 nitrogen and oxygen atoms in total. The second-order valence-corrected chi connectivity index (χ2v) is 5.49. The van der Waals surface area contributed by atoms with E-state index in [-0.39, 0.29) is 0 Å². The van der Waals surface area contributed by atoms with Crippen LogP contribution < -0.4 is 0 Å². The first-order chi connectivity index (χ1) is 10.7. The average Bonchev–Trinajstić information content (AvgIpc) is 2.82. The van der Waals surface area contributed by atoms with E-state index in [2.05, 4.69) is 24.5 Å². The first-order valence-electron chi connectivity index (χ1n) is 6.89. The number of aliphatic imine (C=N–C) groups is 1. The van der Waals surface area contributed by atoms with E-state index in [4.69, 9.17) is 11.6 Å². The first-order valence-corrected chi connectivity index (χ1v) is 7.27. The summed E-state index contributed by atoms with van der Waals surface area (Å²) in [5.74, 6) is 1.49. The normalized spacial score (nSPS) is 13.1. The van der Waals surface area contributed by atoms with Gasteiger partial charge in [0.2, 0.25) is 0 Å². The zero-order valence-electron chi connectivity index (χ0n) is 11.9. The summed E-state index contributed by atoms with van der Waals surface area (Å²) in [7, 11) is 0. The molecule has 108 valence electrons. The Labute approximate surface area is 132 Å². The van der Waals surface area contributed by atoms with Crippen molar-refractivity contribution in [2.45, 2.75) is 13.5 Å². The molecule has 4 rings (SSSR count). The SMILES string of the molecule is Cc1cnc2n1-c1ccc(Cl)cc1C(c1ncccn1)=NC2. The Morgan fingerprint density at radius 2 is 1.95 bits per heavy atom. The van der Waals surface area contributed by atoms with E-state index < -0.39 is 0 Å². The molecule has 0 aliphatic carbocycles. The third-order valence-corrected chi connectivity index (χ3v) is 3.86. The van der Waals surface area contributed by atoms with Gasteiger partial charge in [0.05, 0.1) is 12.2 Å². The van der Waals surface area contributed by atoms with Crippen LogP contribution in [0, 0.1) is 6.92 Å². The highest BCUT2D eigenvalue weighted by molar-refractivity contribution is 6.31. The summed E-state index contributed by atoms with van der Waals surface area (Å²) < 4.78 is 2.10.